The Labute approximate surface area is 123 Å². The number of nitrogens with one attached hydrogen (secondary N) is 2. The zero-order chi connectivity index (χ0) is 14.5. The van der Waals surface area contributed by atoms with Gasteiger partial charge in [0.15, 0.2) is 0 Å². The number of aromatic nitrogens is 2. The zero-order valence-electron chi connectivity index (χ0n) is 11.9. The van der Waals surface area contributed by atoms with Gasteiger partial charge in [-0.1, -0.05) is 6.92 Å². The van der Waals surface area contributed by atoms with Gasteiger partial charge in [0.05, 0.1) is 18.6 Å². The molecule has 2 heterocycles. The van der Waals surface area contributed by atoms with Crippen LogP contribution < -0.4 is 10.9 Å². The first-order chi connectivity index (χ1) is 9.67. The molecule has 0 spiro atoms. The molecule has 0 fully saturated rings. The Morgan fingerprint density at radius 1 is 1.65 bits per heavy atom. The molecular formula is C13H22N4O2S. The van der Waals surface area contributed by atoms with Gasteiger partial charge in [-0.05, 0) is 12.8 Å². The highest BCUT2D eigenvalue weighted by atomic mass is 32.2. The van der Waals surface area contributed by atoms with Gasteiger partial charge < -0.3 is 15.4 Å². The molecule has 7 heteroatoms. The topological polar surface area (TPSA) is 81.2 Å². The molecule has 0 aromatic carbocycles. The third kappa shape index (κ3) is 3.34. The van der Waals surface area contributed by atoms with Crippen LogP contribution >= 0.6 is 11.8 Å². The number of anilines is 1. The van der Waals surface area contributed by atoms with Crippen molar-refractivity contribution in [2.45, 2.75) is 18.9 Å². The van der Waals surface area contributed by atoms with Gasteiger partial charge in [0, 0.05) is 30.8 Å². The van der Waals surface area contributed by atoms with Crippen molar-refractivity contribution in [1.82, 2.24) is 14.9 Å². The molecule has 1 aromatic heterocycles. The maximum atomic E-state index is 11.7. The van der Waals surface area contributed by atoms with E-state index in [1.54, 1.807) is 0 Å². The molecule has 2 atom stereocenters. The van der Waals surface area contributed by atoms with Gasteiger partial charge in [-0.2, -0.15) is 11.8 Å². The molecule has 2 rings (SSSR count). The van der Waals surface area contributed by atoms with E-state index >= 15 is 0 Å². The standard InChI is InChI=1S/C13H22N4O2S/c1-3-20-7-10(6-18)17(2)5-9-4-14-12-11(9)15-8-16-13(12)19/h8-10,14,18H,3-7H2,1-2H3,(H,15,16,19)/t9?,10-/m1/s1. The van der Waals surface area contributed by atoms with Gasteiger partial charge in [-0.15, -0.1) is 0 Å². The third-order valence-electron chi connectivity index (χ3n) is 3.65. The van der Waals surface area contributed by atoms with Crippen molar-refractivity contribution in [3.63, 3.8) is 0 Å². The van der Waals surface area contributed by atoms with Crippen LogP contribution in [0.25, 0.3) is 0 Å². The minimum absolute atomic E-state index is 0.111. The van der Waals surface area contributed by atoms with E-state index in [4.69, 9.17) is 0 Å². The second-order valence-electron chi connectivity index (χ2n) is 5.01. The summed E-state index contributed by atoms with van der Waals surface area (Å²) in [7, 11) is 2.02. The summed E-state index contributed by atoms with van der Waals surface area (Å²) in [5.41, 5.74) is 1.32. The van der Waals surface area contributed by atoms with Crippen LogP contribution in [0.1, 0.15) is 18.5 Å². The minimum Gasteiger partial charge on any atom is -0.395 e. The quantitative estimate of drug-likeness (QED) is 0.673. The molecule has 0 saturated carbocycles. The molecule has 0 bridgehead atoms. The molecule has 0 radical (unpaired) electrons. The van der Waals surface area contributed by atoms with Crippen LogP contribution in [-0.4, -0.2) is 64.3 Å². The van der Waals surface area contributed by atoms with Crippen molar-refractivity contribution >= 4 is 17.4 Å². The highest BCUT2D eigenvalue weighted by Crippen LogP contribution is 2.26. The molecule has 112 valence electrons. The first-order valence-corrected chi connectivity index (χ1v) is 8.03. The largest absolute Gasteiger partial charge is 0.395 e. The molecule has 0 aliphatic carbocycles. The second-order valence-corrected chi connectivity index (χ2v) is 6.32. The summed E-state index contributed by atoms with van der Waals surface area (Å²) in [6, 6.07) is 0.144. The molecule has 6 nitrogen and oxygen atoms in total. The number of fused-ring (bicyclic) bond motifs is 1. The van der Waals surface area contributed by atoms with E-state index in [0.717, 1.165) is 30.3 Å². The highest BCUT2D eigenvalue weighted by Gasteiger charge is 2.28. The minimum atomic E-state index is -0.111. The van der Waals surface area contributed by atoms with Crippen LogP contribution in [0.2, 0.25) is 0 Å². The lowest BCUT2D eigenvalue weighted by atomic mass is 10.1. The molecule has 20 heavy (non-hydrogen) atoms. The molecule has 1 aliphatic heterocycles. The number of rotatable bonds is 7. The lowest BCUT2D eigenvalue weighted by molar-refractivity contribution is 0.157. The van der Waals surface area contributed by atoms with Crippen molar-refractivity contribution in [1.29, 1.82) is 0 Å². The third-order valence-corrected chi connectivity index (χ3v) is 4.68. The number of likely N-dealkylation sites (N-methyl/N-ethyl adjacent to an activating group) is 1. The van der Waals surface area contributed by atoms with Gasteiger partial charge in [-0.25, -0.2) is 4.98 Å². The molecule has 3 N–H and O–H groups in total. The second kappa shape index (κ2) is 7.10. The van der Waals surface area contributed by atoms with Crippen LogP contribution in [0.3, 0.4) is 0 Å². The Morgan fingerprint density at radius 3 is 3.15 bits per heavy atom. The Hall–Kier alpha value is -1.05. The molecule has 1 unspecified atom stereocenters. The Bertz CT molecular complexity index is 494. The van der Waals surface area contributed by atoms with Crippen molar-refractivity contribution < 1.29 is 5.11 Å². The number of aliphatic hydroxyl groups is 1. The molecule has 0 amide bonds. The van der Waals surface area contributed by atoms with Crippen LogP contribution in [0, 0.1) is 0 Å². The average molecular weight is 298 g/mol. The number of hydrogen-bond acceptors (Lipinski definition) is 6. The van der Waals surface area contributed by atoms with Gasteiger partial charge in [0.25, 0.3) is 5.56 Å². The summed E-state index contributed by atoms with van der Waals surface area (Å²) < 4.78 is 0. The first-order valence-electron chi connectivity index (χ1n) is 6.87. The van der Waals surface area contributed by atoms with E-state index in [9.17, 15) is 9.90 Å². The van der Waals surface area contributed by atoms with Crippen molar-refractivity contribution in [3.05, 3.63) is 22.4 Å². The van der Waals surface area contributed by atoms with E-state index < -0.39 is 0 Å². The van der Waals surface area contributed by atoms with Crippen LogP contribution in [0.15, 0.2) is 11.1 Å². The first kappa shape index (κ1) is 15.3. The monoisotopic (exact) mass is 298 g/mol. The van der Waals surface area contributed by atoms with E-state index in [1.807, 2.05) is 18.8 Å². The predicted octanol–water partition coefficient (Wildman–Crippen LogP) is 0.325. The van der Waals surface area contributed by atoms with E-state index in [1.165, 1.54) is 6.33 Å². The Kier molecular flexibility index (Phi) is 5.45. The summed E-state index contributed by atoms with van der Waals surface area (Å²) in [5.74, 6) is 2.16. The fourth-order valence-electron chi connectivity index (χ4n) is 2.44. The Balaban J connectivity index is 2.01. The van der Waals surface area contributed by atoms with Gasteiger partial charge in [0.1, 0.15) is 5.69 Å². The summed E-state index contributed by atoms with van der Waals surface area (Å²) in [4.78, 5) is 20.7. The maximum Gasteiger partial charge on any atom is 0.274 e. The normalized spacial score (nSPS) is 18.9. The average Bonchev–Trinajstić information content (AvgIpc) is 2.84. The fraction of sp³-hybridized carbons (Fsp3) is 0.692. The van der Waals surface area contributed by atoms with Gasteiger partial charge in [0.2, 0.25) is 0 Å². The van der Waals surface area contributed by atoms with Crippen LogP contribution in [0.5, 0.6) is 0 Å². The lowest BCUT2D eigenvalue weighted by Crippen LogP contribution is -2.39. The van der Waals surface area contributed by atoms with Crippen molar-refractivity contribution in [2.24, 2.45) is 0 Å². The van der Waals surface area contributed by atoms with Crippen LogP contribution in [0.4, 0.5) is 5.69 Å². The summed E-state index contributed by atoms with van der Waals surface area (Å²) in [6.45, 7) is 3.77. The van der Waals surface area contributed by atoms with Gasteiger partial charge in [-0.3, -0.25) is 9.69 Å². The van der Waals surface area contributed by atoms with Crippen molar-refractivity contribution in [3.8, 4) is 0 Å². The lowest BCUT2D eigenvalue weighted by Gasteiger charge is -2.28. The summed E-state index contributed by atoms with van der Waals surface area (Å²) in [5, 5.41) is 12.6. The van der Waals surface area contributed by atoms with Crippen LogP contribution in [-0.2, 0) is 0 Å². The predicted molar refractivity (Wildman–Crippen MR) is 82.6 cm³/mol. The number of hydrogen-bond donors (Lipinski definition) is 3. The number of H-pyrrole nitrogens is 1. The highest BCUT2D eigenvalue weighted by molar-refractivity contribution is 7.99. The fourth-order valence-corrected chi connectivity index (χ4v) is 3.30. The Morgan fingerprint density at radius 2 is 2.45 bits per heavy atom. The molecule has 1 aliphatic rings. The maximum absolute atomic E-state index is 11.7. The molecule has 1 aromatic rings. The number of nitrogens with zero attached hydrogens (tertiary/aromatic N) is 2. The van der Waals surface area contributed by atoms with Gasteiger partial charge >= 0.3 is 0 Å². The molecule has 0 saturated heterocycles. The smallest absolute Gasteiger partial charge is 0.274 e. The summed E-state index contributed by atoms with van der Waals surface area (Å²) >= 11 is 1.83. The SMILES string of the molecule is CCSC[C@@H](CO)N(C)CC1CNc2c1nc[nH]c2=O. The number of aromatic amines is 1. The number of thioether (sulfide) groups is 1. The van der Waals surface area contributed by atoms with E-state index in [2.05, 4.69) is 27.1 Å². The molecular weight excluding hydrogens is 276 g/mol. The van der Waals surface area contributed by atoms with E-state index in [0.29, 0.717) is 5.69 Å². The van der Waals surface area contributed by atoms with E-state index in [-0.39, 0.29) is 24.1 Å². The number of aliphatic hydroxyl groups excluding tert-OH is 1. The summed E-state index contributed by atoms with van der Waals surface area (Å²) in [6.07, 6.45) is 1.46. The zero-order valence-corrected chi connectivity index (χ0v) is 12.7. The van der Waals surface area contributed by atoms with Crippen molar-refractivity contribution in [2.75, 3.05) is 43.6 Å².